The van der Waals surface area contributed by atoms with Gasteiger partial charge in [-0.25, -0.2) is 0 Å². The van der Waals surface area contributed by atoms with Gasteiger partial charge >= 0.3 is 18.3 Å². The molecule has 46 heavy (non-hydrogen) atoms. The summed E-state index contributed by atoms with van der Waals surface area (Å²) in [7, 11) is 0. The van der Waals surface area contributed by atoms with Crippen molar-refractivity contribution in [3.8, 4) is 0 Å². The van der Waals surface area contributed by atoms with Gasteiger partial charge in [0.25, 0.3) is 0 Å². The third kappa shape index (κ3) is 8.29. The maximum Gasteiger partial charge on any atom is 0.416 e. The van der Waals surface area contributed by atoms with Gasteiger partial charge < -0.3 is 19.4 Å². The SMILES string of the molecule is CCN(CC1CCC(C(=O)O)CC1)c1cc2c(cc1CN(Cc1cc(C(F)(F)F)cc(C(F)(F)F)c1)c1cc(C)no1)CCC2.Cl. The van der Waals surface area contributed by atoms with E-state index in [9.17, 15) is 36.2 Å². The molecular formula is C33H38ClF6N3O3. The Hall–Kier alpha value is -3.41. The highest BCUT2D eigenvalue weighted by molar-refractivity contribution is 5.85. The minimum absolute atomic E-state index is 0. The molecule has 1 N–H and O–H groups in total. The number of carbonyl (C=O) groups is 1. The molecule has 0 atom stereocenters. The topological polar surface area (TPSA) is 69.8 Å². The largest absolute Gasteiger partial charge is 0.481 e. The van der Waals surface area contributed by atoms with Gasteiger partial charge in [-0.15, -0.1) is 12.4 Å². The zero-order valence-electron chi connectivity index (χ0n) is 25.7. The Morgan fingerprint density at radius 1 is 0.891 bits per heavy atom. The first-order valence-electron chi connectivity index (χ1n) is 15.3. The number of hydrogen-bond acceptors (Lipinski definition) is 5. The van der Waals surface area contributed by atoms with Gasteiger partial charge in [0, 0.05) is 37.9 Å². The van der Waals surface area contributed by atoms with Crippen LogP contribution in [0.25, 0.3) is 0 Å². The third-order valence-electron chi connectivity index (χ3n) is 9.00. The summed E-state index contributed by atoms with van der Waals surface area (Å²) in [5.74, 6) is -0.535. The summed E-state index contributed by atoms with van der Waals surface area (Å²) in [5, 5.41) is 13.3. The van der Waals surface area contributed by atoms with Crippen LogP contribution in [0, 0.1) is 18.8 Å². The standard InChI is InChI=1S/C33H37F6N3O3.ClH/c1-3-41(17-21-7-9-23(10-8-21)31(43)44)29-15-25-6-4-5-24(25)14-26(29)19-42(30-11-20(2)40-45-30)18-22-12-27(32(34,35)36)16-28(13-22)33(37,38)39;/h11-16,21,23H,3-10,17-19H2,1-2H3,(H,43,44);1H. The fraction of sp³-hybridized carbons (Fsp3) is 0.515. The number of hydrogen-bond donors (Lipinski definition) is 1. The summed E-state index contributed by atoms with van der Waals surface area (Å²) < 4.78 is 87.5. The number of rotatable bonds is 10. The average molecular weight is 674 g/mol. The molecule has 13 heteroatoms. The number of aromatic nitrogens is 1. The average Bonchev–Trinajstić information content (AvgIpc) is 3.63. The second kappa shape index (κ2) is 14.1. The zero-order valence-corrected chi connectivity index (χ0v) is 26.5. The van der Waals surface area contributed by atoms with Crippen molar-refractivity contribution in [3.05, 3.63) is 75.5 Å². The Labute approximate surface area is 270 Å². The Kier molecular flexibility index (Phi) is 10.9. The number of alkyl halides is 6. The maximum absolute atomic E-state index is 13.7. The third-order valence-corrected chi connectivity index (χ3v) is 9.00. The summed E-state index contributed by atoms with van der Waals surface area (Å²) in [6.07, 6.45) is -4.24. The smallest absolute Gasteiger partial charge is 0.416 e. The molecule has 0 saturated heterocycles. The molecule has 1 aromatic heterocycles. The van der Waals surface area contributed by atoms with Gasteiger partial charge in [0.2, 0.25) is 5.88 Å². The molecule has 6 nitrogen and oxygen atoms in total. The van der Waals surface area contributed by atoms with Gasteiger partial charge in [0.15, 0.2) is 0 Å². The molecule has 252 valence electrons. The Morgan fingerprint density at radius 2 is 1.50 bits per heavy atom. The second-order valence-corrected chi connectivity index (χ2v) is 12.3. The lowest BCUT2D eigenvalue weighted by atomic mass is 9.81. The molecule has 0 unspecified atom stereocenters. The second-order valence-electron chi connectivity index (χ2n) is 12.3. The fourth-order valence-electron chi connectivity index (χ4n) is 6.63. The molecule has 3 aromatic rings. The number of benzene rings is 2. The summed E-state index contributed by atoms with van der Waals surface area (Å²) in [5.41, 5.74) is 1.89. The van der Waals surface area contributed by atoms with Crippen LogP contribution in [0.5, 0.6) is 0 Å². The highest BCUT2D eigenvalue weighted by Gasteiger charge is 2.37. The molecule has 0 aliphatic heterocycles. The number of fused-ring (bicyclic) bond motifs is 1. The Bertz CT molecular complexity index is 1480. The van der Waals surface area contributed by atoms with Crippen LogP contribution >= 0.6 is 12.4 Å². The van der Waals surface area contributed by atoms with Gasteiger partial charge in [-0.3, -0.25) is 4.79 Å². The van der Waals surface area contributed by atoms with Gasteiger partial charge in [0.05, 0.1) is 22.7 Å². The molecular weight excluding hydrogens is 636 g/mol. The van der Waals surface area contributed by atoms with E-state index in [1.807, 2.05) is 6.92 Å². The van der Waals surface area contributed by atoms with E-state index in [-0.39, 0.29) is 48.9 Å². The summed E-state index contributed by atoms with van der Waals surface area (Å²) in [4.78, 5) is 15.3. The quantitative estimate of drug-likeness (QED) is 0.217. The van der Waals surface area contributed by atoms with Crippen LogP contribution in [0.3, 0.4) is 0 Å². The molecule has 2 aromatic carbocycles. The van der Waals surface area contributed by atoms with Crippen LogP contribution in [-0.4, -0.2) is 29.3 Å². The van der Waals surface area contributed by atoms with E-state index in [0.29, 0.717) is 31.0 Å². The lowest BCUT2D eigenvalue weighted by Crippen LogP contribution is -2.34. The fourth-order valence-corrected chi connectivity index (χ4v) is 6.63. The van der Waals surface area contributed by atoms with E-state index in [1.165, 1.54) is 11.1 Å². The molecule has 0 spiro atoms. The van der Waals surface area contributed by atoms with Crippen LogP contribution in [0.1, 0.15) is 78.1 Å². The van der Waals surface area contributed by atoms with Crippen LogP contribution < -0.4 is 9.80 Å². The Balaban J connectivity index is 0.00000480. The van der Waals surface area contributed by atoms with Crippen LogP contribution in [0.15, 0.2) is 40.9 Å². The molecule has 0 radical (unpaired) electrons. The van der Waals surface area contributed by atoms with Gasteiger partial charge in [0.1, 0.15) is 0 Å². The maximum atomic E-state index is 13.7. The number of halogens is 7. The molecule has 1 heterocycles. The van der Waals surface area contributed by atoms with Crippen LogP contribution in [-0.2, 0) is 43.1 Å². The number of aliphatic carboxylic acids is 1. The van der Waals surface area contributed by atoms with Crippen molar-refractivity contribution in [3.63, 3.8) is 0 Å². The van der Waals surface area contributed by atoms with Crippen molar-refractivity contribution in [1.82, 2.24) is 5.16 Å². The summed E-state index contributed by atoms with van der Waals surface area (Å²) in [6.45, 7) is 5.02. The van der Waals surface area contributed by atoms with Gasteiger partial charge in [-0.2, -0.15) is 26.3 Å². The van der Waals surface area contributed by atoms with E-state index in [1.54, 1.807) is 17.9 Å². The molecule has 2 aliphatic rings. The van der Waals surface area contributed by atoms with Crippen LogP contribution in [0.2, 0.25) is 0 Å². The first-order chi connectivity index (χ1) is 21.2. The monoisotopic (exact) mass is 673 g/mol. The van der Waals surface area contributed by atoms with E-state index in [2.05, 4.69) is 22.2 Å². The van der Waals surface area contributed by atoms with E-state index < -0.39 is 29.4 Å². The van der Waals surface area contributed by atoms with Crippen molar-refractivity contribution < 1.29 is 40.8 Å². The molecule has 0 bridgehead atoms. The number of carboxylic acid groups (broad SMARTS) is 1. The normalized spacial score (nSPS) is 18.2. The Morgan fingerprint density at radius 3 is 2.02 bits per heavy atom. The van der Waals surface area contributed by atoms with Crippen molar-refractivity contribution in [2.45, 2.75) is 84.2 Å². The van der Waals surface area contributed by atoms with Gasteiger partial charge in [-0.05, 0) is 111 Å². The number of aryl methyl sites for hydroxylation is 3. The van der Waals surface area contributed by atoms with Crippen LogP contribution in [0.4, 0.5) is 37.9 Å². The van der Waals surface area contributed by atoms with E-state index in [4.69, 9.17) is 4.52 Å². The predicted molar refractivity (Wildman–Crippen MR) is 164 cm³/mol. The first kappa shape index (κ1) is 35.4. The summed E-state index contributed by atoms with van der Waals surface area (Å²) >= 11 is 0. The predicted octanol–water partition coefficient (Wildman–Crippen LogP) is 8.86. The van der Waals surface area contributed by atoms with Crippen molar-refractivity contribution in [1.29, 1.82) is 0 Å². The molecule has 0 amide bonds. The van der Waals surface area contributed by atoms with Crippen molar-refractivity contribution in [2.24, 2.45) is 11.8 Å². The lowest BCUT2D eigenvalue weighted by Gasteiger charge is -2.34. The first-order valence-corrected chi connectivity index (χ1v) is 15.3. The number of anilines is 2. The van der Waals surface area contributed by atoms with E-state index in [0.717, 1.165) is 62.0 Å². The molecule has 1 fully saturated rings. The molecule has 5 rings (SSSR count). The minimum Gasteiger partial charge on any atom is -0.481 e. The highest BCUT2D eigenvalue weighted by atomic mass is 35.5. The molecule has 1 saturated carbocycles. The van der Waals surface area contributed by atoms with Crippen molar-refractivity contribution in [2.75, 3.05) is 22.9 Å². The molecule has 2 aliphatic carbocycles. The number of carboxylic acids is 1. The number of nitrogens with zero attached hydrogens (tertiary/aromatic N) is 3. The summed E-state index contributed by atoms with van der Waals surface area (Å²) in [6, 6.07) is 7.52. The minimum atomic E-state index is -4.96. The van der Waals surface area contributed by atoms with Gasteiger partial charge in [-0.1, -0.05) is 11.2 Å². The van der Waals surface area contributed by atoms with E-state index >= 15 is 0 Å². The lowest BCUT2D eigenvalue weighted by molar-refractivity contribution is -0.144. The highest BCUT2D eigenvalue weighted by Crippen LogP contribution is 2.39. The van der Waals surface area contributed by atoms with Crippen molar-refractivity contribution >= 4 is 29.9 Å². The zero-order chi connectivity index (χ0) is 32.5.